The molecule has 45 heavy (non-hydrogen) atoms. The van der Waals surface area contributed by atoms with Gasteiger partial charge in [0.05, 0.1) is 4.58 Å². The van der Waals surface area contributed by atoms with Crippen LogP contribution in [0.15, 0.2) is 11.1 Å². The number of Topliss-reactive ketones (excluding diaryl/α,β-unsaturated/α-hetero) is 1. The number of rotatable bonds is 5. The molecule has 252 valence electrons. The topological polar surface area (TPSA) is 69.7 Å². The van der Waals surface area contributed by atoms with Crippen LogP contribution in [0, 0.1) is 50.7 Å². The maximum atomic E-state index is 14.2. The number of carbonyl (C=O) groups excluding carboxylic acids is 3. The van der Waals surface area contributed by atoms with Crippen molar-refractivity contribution in [3.05, 3.63) is 11.1 Å². The van der Waals surface area contributed by atoms with Crippen LogP contribution in [0.3, 0.4) is 0 Å². The van der Waals surface area contributed by atoms with Gasteiger partial charge in [0, 0.05) is 31.1 Å². The first-order chi connectivity index (χ1) is 21.0. The average Bonchev–Trinajstić information content (AvgIpc) is 3.27. The summed E-state index contributed by atoms with van der Waals surface area (Å²) in [5.41, 5.74) is 2.42. The molecule has 0 amide bonds. The van der Waals surface area contributed by atoms with E-state index >= 15 is 0 Å². The molecule has 6 aliphatic rings. The molecule has 1 heterocycles. The lowest BCUT2D eigenvalue weighted by Crippen LogP contribution is -2.66. The van der Waals surface area contributed by atoms with Gasteiger partial charge in [0.2, 0.25) is 0 Å². The van der Waals surface area contributed by atoms with Gasteiger partial charge in [-0.3, -0.25) is 14.4 Å². The van der Waals surface area contributed by atoms with E-state index < -0.39 is 0 Å². The maximum Gasteiger partial charge on any atom is 0.303 e. The molecule has 0 bridgehead atoms. The monoisotopic (exact) mass is 658 g/mol. The van der Waals surface area contributed by atoms with Crippen LogP contribution in [0.5, 0.6) is 0 Å². The second-order valence-electron chi connectivity index (χ2n) is 17.3. The van der Waals surface area contributed by atoms with Gasteiger partial charge >= 0.3 is 11.9 Å². The Hall–Kier alpha value is -0.950. The minimum absolute atomic E-state index is 0.0170. The fraction of sp³-hybridized carbons (Fsp3) is 0.868. The second kappa shape index (κ2) is 11.6. The molecule has 0 radical (unpaired) electrons. The Balaban J connectivity index is 1.42. The lowest BCUT2D eigenvalue weighted by Gasteiger charge is -2.72. The standard InChI is InChI=1S/C38H58O5S2/c1-22(2)30-26(41)21-38(32(43-24(4)40)33-44-19-10-20-45-33)18-17-36(8)25(31(30)38)11-12-28-35(7)15-14-29(42-23(3)39)34(5,6)27(35)13-16-37(28,36)9/h22,25,27-29,32-33H,10-21H2,1-9H3/t25-,27?,28-,29+,32?,35+,36-,37-,38-/m1/s1. The molecule has 0 aromatic heterocycles. The third-order valence-electron chi connectivity index (χ3n) is 14.7. The summed E-state index contributed by atoms with van der Waals surface area (Å²) in [6.45, 7) is 20.0. The molecule has 5 aliphatic carbocycles. The van der Waals surface area contributed by atoms with Crippen molar-refractivity contribution in [3.63, 3.8) is 0 Å². The van der Waals surface area contributed by atoms with Gasteiger partial charge in [0.25, 0.3) is 0 Å². The number of esters is 2. The van der Waals surface area contributed by atoms with Crippen molar-refractivity contribution in [2.45, 2.75) is 143 Å². The highest BCUT2D eigenvalue weighted by Crippen LogP contribution is 2.77. The first kappa shape index (κ1) is 33.9. The van der Waals surface area contributed by atoms with Gasteiger partial charge in [-0.2, -0.15) is 0 Å². The summed E-state index contributed by atoms with van der Waals surface area (Å²) in [5.74, 6) is 3.70. The first-order valence-electron chi connectivity index (χ1n) is 17.9. The lowest BCUT2D eigenvalue weighted by atomic mass is 9.33. The summed E-state index contributed by atoms with van der Waals surface area (Å²) < 4.78 is 12.5. The molecule has 7 heteroatoms. The van der Waals surface area contributed by atoms with Gasteiger partial charge in [-0.15, -0.1) is 23.5 Å². The van der Waals surface area contributed by atoms with Crippen LogP contribution in [0.4, 0.5) is 0 Å². The average molecular weight is 659 g/mol. The number of carbonyl (C=O) groups is 3. The molecule has 0 aromatic carbocycles. The van der Waals surface area contributed by atoms with Crippen molar-refractivity contribution < 1.29 is 23.9 Å². The quantitative estimate of drug-likeness (QED) is 0.273. The van der Waals surface area contributed by atoms with Crippen LogP contribution in [0.1, 0.15) is 127 Å². The Morgan fingerprint density at radius 2 is 1.51 bits per heavy atom. The van der Waals surface area contributed by atoms with E-state index in [1.54, 1.807) is 13.8 Å². The van der Waals surface area contributed by atoms with Crippen LogP contribution in [-0.4, -0.2) is 46.0 Å². The molecule has 1 saturated heterocycles. The second-order valence-corrected chi connectivity index (χ2v) is 20.1. The van der Waals surface area contributed by atoms with Crippen molar-refractivity contribution in [1.29, 1.82) is 0 Å². The van der Waals surface area contributed by atoms with Gasteiger partial charge in [-0.25, -0.2) is 0 Å². The van der Waals surface area contributed by atoms with Crippen LogP contribution in [0.2, 0.25) is 0 Å². The normalized spacial score (nSPS) is 43.6. The zero-order chi connectivity index (χ0) is 32.7. The highest BCUT2D eigenvalue weighted by atomic mass is 32.2. The highest BCUT2D eigenvalue weighted by molar-refractivity contribution is 8.17. The van der Waals surface area contributed by atoms with E-state index in [9.17, 15) is 14.4 Å². The van der Waals surface area contributed by atoms with E-state index in [0.717, 1.165) is 55.6 Å². The van der Waals surface area contributed by atoms with Crippen LogP contribution in [0.25, 0.3) is 0 Å². The zero-order valence-electron chi connectivity index (χ0n) is 29.4. The number of hydrogen-bond acceptors (Lipinski definition) is 7. The van der Waals surface area contributed by atoms with Crippen LogP contribution < -0.4 is 0 Å². The van der Waals surface area contributed by atoms with E-state index in [-0.39, 0.29) is 61.7 Å². The molecule has 5 nitrogen and oxygen atoms in total. The Morgan fingerprint density at radius 3 is 2.13 bits per heavy atom. The van der Waals surface area contributed by atoms with Gasteiger partial charge < -0.3 is 9.47 Å². The largest absolute Gasteiger partial charge is 0.462 e. The third-order valence-corrected chi connectivity index (χ3v) is 17.7. The van der Waals surface area contributed by atoms with E-state index in [1.807, 2.05) is 23.5 Å². The molecular formula is C38H58O5S2. The van der Waals surface area contributed by atoms with Crippen molar-refractivity contribution >= 4 is 41.2 Å². The summed E-state index contributed by atoms with van der Waals surface area (Å²) in [4.78, 5) is 39.0. The molecule has 2 unspecified atom stereocenters. The molecule has 0 spiro atoms. The van der Waals surface area contributed by atoms with Gasteiger partial charge in [-0.05, 0) is 120 Å². The number of fused-ring (bicyclic) bond motifs is 7. The van der Waals surface area contributed by atoms with Crippen molar-refractivity contribution in [2.24, 2.45) is 50.7 Å². The number of allylic oxidation sites excluding steroid dienone is 1. The summed E-state index contributed by atoms with van der Waals surface area (Å²) in [7, 11) is 0. The van der Waals surface area contributed by atoms with E-state index in [4.69, 9.17) is 9.47 Å². The zero-order valence-corrected chi connectivity index (χ0v) is 31.0. The third kappa shape index (κ3) is 4.95. The molecule has 0 N–H and O–H groups in total. The molecule has 6 rings (SSSR count). The SMILES string of the molecule is CC(=O)OC(C1SCCCS1)[C@@]12CC[C@]3(C)[C@H](CC[C@@H]4[C@@]5(C)CC[C@H](OC(C)=O)C(C)(C)C5CC[C@]43C)C1=C(C(C)C)C(=O)C2. The summed E-state index contributed by atoms with van der Waals surface area (Å²) >= 11 is 3.89. The van der Waals surface area contributed by atoms with E-state index in [0.29, 0.717) is 30.0 Å². The number of thioether (sulfide) groups is 2. The highest BCUT2D eigenvalue weighted by Gasteiger charge is 2.71. The smallest absolute Gasteiger partial charge is 0.303 e. The predicted molar refractivity (Wildman–Crippen MR) is 184 cm³/mol. The van der Waals surface area contributed by atoms with Crippen molar-refractivity contribution in [3.8, 4) is 0 Å². The van der Waals surface area contributed by atoms with Gasteiger partial charge in [0.15, 0.2) is 5.78 Å². The van der Waals surface area contributed by atoms with Crippen LogP contribution in [-0.2, 0) is 23.9 Å². The summed E-state index contributed by atoms with van der Waals surface area (Å²) in [5, 5.41) is 0. The fourth-order valence-corrected chi connectivity index (χ4v) is 15.9. The molecule has 1 aliphatic heterocycles. The minimum atomic E-state index is -0.386. The van der Waals surface area contributed by atoms with Crippen LogP contribution >= 0.6 is 23.5 Å². The Kier molecular flexibility index (Phi) is 8.74. The Labute approximate surface area is 280 Å². The summed E-state index contributed by atoms with van der Waals surface area (Å²) in [6.07, 6.45) is 10.1. The predicted octanol–water partition coefficient (Wildman–Crippen LogP) is 9.03. The maximum absolute atomic E-state index is 14.2. The minimum Gasteiger partial charge on any atom is -0.462 e. The van der Waals surface area contributed by atoms with Gasteiger partial charge in [-0.1, -0.05) is 48.5 Å². The number of ketones is 1. The Bertz CT molecular complexity index is 1270. The summed E-state index contributed by atoms with van der Waals surface area (Å²) in [6, 6.07) is 0. The van der Waals surface area contributed by atoms with Crippen molar-refractivity contribution in [1.82, 2.24) is 0 Å². The fourth-order valence-electron chi connectivity index (χ4n) is 12.7. The molecule has 4 saturated carbocycles. The van der Waals surface area contributed by atoms with Gasteiger partial charge in [0.1, 0.15) is 12.2 Å². The lowest BCUT2D eigenvalue weighted by molar-refractivity contribution is -0.234. The first-order valence-corrected chi connectivity index (χ1v) is 20.0. The number of ether oxygens (including phenoxy) is 2. The molecule has 0 aromatic rings. The van der Waals surface area contributed by atoms with Crippen molar-refractivity contribution in [2.75, 3.05) is 11.5 Å². The molecular weight excluding hydrogens is 601 g/mol. The van der Waals surface area contributed by atoms with E-state index in [1.165, 1.54) is 24.8 Å². The molecule has 5 fully saturated rings. The Morgan fingerprint density at radius 1 is 0.822 bits per heavy atom. The molecule has 9 atom stereocenters. The van der Waals surface area contributed by atoms with E-state index in [2.05, 4.69) is 48.5 Å². The number of hydrogen-bond donors (Lipinski definition) is 0.